The third-order valence-electron chi connectivity index (χ3n) is 5.92. The molecule has 35 heavy (non-hydrogen) atoms. The number of carbonyl (C=O) groups is 1. The first-order chi connectivity index (χ1) is 16.7. The van der Waals surface area contributed by atoms with E-state index in [-0.39, 0.29) is 17.2 Å². The number of nitrogens with one attached hydrogen (secondary N) is 2. The smallest absolute Gasteiger partial charge is 0.193 e. The molecule has 3 aromatic carbocycles. The molecule has 0 aliphatic heterocycles. The summed E-state index contributed by atoms with van der Waals surface area (Å²) in [4.78, 5) is 13.1. The van der Waals surface area contributed by atoms with E-state index in [4.69, 9.17) is 21.7 Å². The van der Waals surface area contributed by atoms with Crippen molar-refractivity contribution >= 4 is 28.8 Å². The molecule has 0 amide bonds. The maximum Gasteiger partial charge on any atom is 0.193 e. The largest absolute Gasteiger partial charge is 0.493 e. The van der Waals surface area contributed by atoms with Gasteiger partial charge in [0.25, 0.3) is 0 Å². The Labute approximate surface area is 213 Å². The van der Waals surface area contributed by atoms with E-state index in [0.717, 1.165) is 17.7 Å². The minimum absolute atomic E-state index is 0.0130. The van der Waals surface area contributed by atoms with Gasteiger partial charge in [-0.2, -0.15) is 0 Å². The highest BCUT2D eigenvalue weighted by Gasteiger charge is 2.17. The van der Waals surface area contributed by atoms with Crippen molar-refractivity contribution in [3.8, 4) is 11.5 Å². The molecule has 0 saturated heterocycles. The molecule has 0 radical (unpaired) electrons. The summed E-state index contributed by atoms with van der Waals surface area (Å²) in [6.07, 6.45) is 0.820. The van der Waals surface area contributed by atoms with Gasteiger partial charge in [-0.15, -0.1) is 0 Å². The molecule has 3 rings (SSSR count). The van der Waals surface area contributed by atoms with Crippen molar-refractivity contribution in [2.75, 3.05) is 19.5 Å². The van der Waals surface area contributed by atoms with E-state index in [0.29, 0.717) is 27.7 Å². The van der Waals surface area contributed by atoms with Gasteiger partial charge in [0, 0.05) is 16.8 Å². The minimum atomic E-state index is -0.0234. The normalized spacial score (nSPS) is 11.9. The van der Waals surface area contributed by atoms with E-state index in [1.165, 1.54) is 5.56 Å². The fourth-order valence-corrected chi connectivity index (χ4v) is 4.10. The zero-order valence-corrected chi connectivity index (χ0v) is 22.1. The number of thiocarbonyl (C=S) groups is 1. The molecule has 0 saturated carbocycles. The molecule has 5 nitrogen and oxygen atoms in total. The lowest BCUT2D eigenvalue weighted by Gasteiger charge is -2.21. The van der Waals surface area contributed by atoms with Crippen molar-refractivity contribution in [3.63, 3.8) is 0 Å². The van der Waals surface area contributed by atoms with Gasteiger partial charge in [0.1, 0.15) is 0 Å². The Morgan fingerprint density at radius 3 is 2.20 bits per heavy atom. The molecular weight excluding hydrogens is 456 g/mol. The highest BCUT2D eigenvalue weighted by molar-refractivity contribution is 7.80. The molecule has 0 spiro atoms. The van der Waals surface area contributed by atoms with Gasteiger partial charge in [0.15, 0.2) is 22.4 Å². The number of ketones is 1. The van der Waals surface area contributed by atoms with Gasteiger partial charge >= 0.3 is 0 Å². The molecule has 2 N–H and O–H groups in total. The van der Waals surface area contributed by atoms with Gasteiger partial charge in [0.05, 0.1) is 20.3 Å². The number of anilines is 1. The van der Waals surface area contributed by atoms with Crippen LogP contribution in [0.4, 0.5) is 5.69 Å². The molecule has 0 bridgehead atoms. The lowest BCUT2D eigenvalue weighted by atomic mass is 9.86. The van der Waals surface area contributed by atoms with Crippen LogP contribution in [0.3, 0.4) is 0 Å². The number of benzene rings is 3. The highest BCUT2D eigenvalue weighted by atomic mass is 32.1. The molecular formula is C29H34N2O3S. The number of carbonyl (C=O) groups excluding carboxylic acids is 1. The molecule has 6 heteroatoms. The molecule has 0 aliphatic carbocycles. The van der Waals surface area contributed by atoms with Crippen molar-refractivity contribution in [2.45, 2.75) is 45.6 Å². The van der Waals surface area contributed by atoms with Crippen LogP contribution < -0.4 is 20.1 Å². The fourth-order valence-electron chi connectivity index (χ4n) is 3.84. The maximum absolute atomic E-state index is 13.1. The molecule has 3 aromatic rings. The zero-order valence-electron chi connectivity index (χ0n) is 21.3. The first kappa shape index (κ1) is 26.2. The summed E-state index contributed by atoms with van der Waals surface area (Å²) in [7, 11) is 3.24. The second kappa shape index (κ2) is 11.4. The van der Waals surface area contributed by atoms with Gasteiger partial charge in [0.2, 0.25) is 0 Å². The molecule has 1 atom stereocenters. The fraction of sp³-hybridized carbons (Fsp3) is 0.310. The Kier molecular flexibility index (Phi) is 8.52. The molecule has 0 aromatic heterocycles. The van der Waals surface area contributed by atoms with Gasteiger partial charge in [-0.05, 0) is 59.4 Å². The van der Waals surface area contributed by atoms with E-state index < -0.39 is 0 Å². The van der Waals surface area contributed by atoms with E-state index in [2.05, 4.69) is 38.3 Å². The van der Waals surface area contributed by atoms with Gasteiger partial charge in [-0.25, -0.2) is 0 Å². The van der Waals surface area contributed by atoms with Gasteiger partial charge < -0.3 is 20.1 Å². The van der Waals surface area contributed by atoms with Crippen LogP contribution in [0.25, 0.3) is 0 Å². The maximum atomic E-state index is 13.1. The summed E-state index contributed by atoms with van der Waals surface area (Å²) >= 11 is 5.58. The zero-order chi connectivity index (χ0) is 25.6. The van der Waals surface area contributed by atoms with Gasteiger partial charge in [-0.1, -0.05) is 70.2 Å². The topological polar surface area (TPSA) is 59.6 Å². The van der Waals surface area contributed by atoms with Crippen LogP contribution in [0.2, 0.25) is 0 Å². The van der Waals surface area contributed by atoms with Crippen LogP contribution in [-0.2, 0) is 5.41 Å². The number of hydrogen-bond donors (Lipinski definition) is 2. The summed E-state index contributed by atoms with van der Waals surface area (Å²) < 4.78 is 10.8. The summed E-state index contributed by atoms with van der Waals surface area (Å²) in [6, 6.07) is 21.0. The Hall–Kier alpha value is -3.38. The Bertz CT molecular complexity index is 1180. The van der Waals surface area contributed by atoms with Crippen LogP contribution in [-0.4, -0.2) is 25.1 Å². The molecule has 0 fully saturated rings. The average molecular weight is 491 g/mol. The van der Waals surface area contributed by atoms with Gasteiger partial charge in [-0.3, -0.25) is 4.79 Å². The van der Waals surface area contributed by atoms with Crippen LogP contribution in [0.1, 0.15) is 67.2 Å². The van der Waals surface area contributed by atoms with Crippen molar-refractivity contribution in [2.24, 2.45) is 0 Å². The highest BCUT2D eigenvalue weighted by Crippen LogP contribution is 2.31. The minimum Gasteiger partial charge on any atom is -0.493 e. The predicted octanol–water partition coefficient (Wildman–Crippen LogP) is 6.67. The SMILES string of the molecule is CCC(NC(=S)Nc1cccc(C(=O)c2ccc(C(C)(C)C)cc2)c1)c1ccc(OC)c(OC)c1. The van der Waals surface area contributed by atoms with E-state index in [1.807, 2.05) is 66.7 Å². The van der Waals surface area contributed by atoms with E-state index in [9.17, 15) is 4.79 Å². The van der Waals surface area contributed by atoms with E-state index >= 15 is 0 Å². The van der Waals surface area contributed by atoms with Crippen molar-refractivity contribution < 1.29 is 14.3 Å². The summed E-state index contributed by atoms with van der Waals surface area (Å²) in [6.45, 7) is 8.56. The van der Waals surface area contributed by atoms with Crippen LogP contribution in [0, 0.1) is 0 Å². The number of hydrogen-bond acceptors (Lipinski definition) is 4. The van der Waals surface area contributed by atoms with Crippen LogP contribution in [0.15, 0.2) is 66.7 Å². The first-order valence-corrected chi connectivity index (χ1v) is 12.1. The summed E-state index contributed by atoms with van der Waals surface area (Å²) in [5.41, 5.74) is 4.30. The third-order valence-corrected chi connectivity index (χ3v) is 6.14. The lowest BCUT2D eigenvalue weighted by molar-refractivity contribution is 0.103. The predicted molar refractivity (Wildman–Crippen MR) is 147 cm³/mol. The Balaban J connectivity index is 1.71. The standard InChI is InChI=1S/C29H34N2O3S/c1-7-24(20-13-16-25(33-5)26(18-20)34-6)31-28(35)30-23-10-8-9-21(17-23)27(32)19-11-14-22(15-12-19)29(2,3)4/h8-18,24H,7H2,1-6H3,(H2,30,31,35). The number of rotatable bonds is 8. The first-order valence-electron chi connectivity index (χ1n) is 11.7. The monoisotopic (exact) mass is 490 g/mol. The third kappa shape index (κ3) is 6.61. The molecule has 0 aliphatic rings. The molecule has 184 valence electrons. The Morgan fingerprint density at radius 1 is 0.914 bits per heavy atom. The quantitative estimate of drug-likeness (QED) is 0.272. The summed E-state index contributed by atoms with van der Waals surface area (Å²) in [5, 5.41) is 7.05. The summed E-state index contributed by atoms with van der Waals surface area (Å²) in [5.74, 6) is 1.33. The van der Waals surface area contributed by atoms with Crippen molar-refractivity contribution in [1.29, 1.82) is 0 Å². The second-order valence-electron chi connectivity index (χ2n) is 9.41. The molecule has 0 heterocycles. The number of ether oxygens (including phenoxy) is 2. The van der Waals surface area contributed by atoms with Crippen molar-refractivity contribution in [3.05, 3.63) is 89.0 Å². The van der Waals surface area contributed by atoms with Crippen LogP contribution >= 0.6 is 12.2 Å². The van der Waals surface area contributed by atoms with Crippen LogP contribution in [0.5, 0.6) is 11.5 Å². The van der Waals surface area contributed by atoms with Crippen molar-refractivity contribution in [1.82, 2.24) is 5.32 Å². The second-order valence-corrected chi connectivity index (χ2v) is 9.82. The molecule has 1 unspecified atom stereocenters. The lowest BCUT2D eigenvalue weighted by Crippen LogP contribution is -2.32. The average Bonchev–Trinajstić information content (AvgIpc) is 2.86. The number of methoxy groups -OCH3 is 2. The Morgan fingerprint density at radius 2 is 1.60 bits per heavy atom. The van der Waals surface area contributed by atoms with E-state index in [1.54, 1.807) is 14.2 Å².